The molecule has 1 fully saturated rings. The molecule has 6 heteroatoms. The highest BCUT2D eigenvalue weighted by Crippen LogP contribution is 2.34. The van der Waals surface area contributed by atoms with Gasteiger partial charge in [-0.3, -0.25) is 4.79 Å². The number of carbonyl (C=O) groups excluding carboxylic acids is 1. The van der Waals surface area contributed by atoms with Crippen molar-refractivity contribution in [2.75, 3.05) is 6.54 Å². The minimum atomic E-state index is -0.102. The van der Waals surface area contributed by atoms with Gasteiger partial charge in [-0.15, -0.1) is 0 Å². The molecule has 4 rings (SSSR count). The number of nitrogens with one attached hydrogen (secondary N) is 3. The molecule has 1 amide bonds. The van der Waals surface area contributed by atoms with E-state index in [9.17, 15) is 4.79 Å². The predicted molar refractivity (Wildman–Crippen MR) is 125 cm³/mol. The normalized spacial score (nSPS) is 20.0. The van der Waals surface area contributed by atoms with Crippen LogP contribution in [-0.4, -0.2) is 29.6 Å². The zero-order chi connectivity index (χ0) is 22.2. The standard InChI is InChI=1S/C25H32ClN3O2/c1-24(2)13-18(14-25(3,4)29-24)28-23(30)16-8-9-22(20(26)12-16)31-21-7-5-6-17-15-27-11-10-19(17)21/h5-9,12,18,27,29H,10-11,13-15H2,1-4H3,(H,28,30). The van der Waals surface area contributed by atoms with Gasteiger partial charge in [0.25, 0.3) is 5.91 Å². The Hall–Kier alpha value is -2.08. The predicted octanol–water partition coefficient (Wildman–Crippen LogP) is 4.82. The summed E-state index contributed by atoms with van der Waals surface area (Å²) in [6.07, 6.45) is 2.68. The molecular weight excluding hydrogens is 410 g/mol. The van der Waals surface area contributed by atoms with Gasteiger partial charge in [-0.05, 0) is 83.3 Å². The number of ether oxygens (including phenoxy) is 1. The van der Waals surface area contributed by atoms with E-state index in [0.29, 0.717) is 16.3 Å². The van der Waals surface area contributed by atoms with E-state index in [1.807, 2.05) is 12.1 Å². The Kier molecular flexibility index (Phi) is 6.03. The monoisotopic (exact) mass is 441 g/mol. The van der Waals surface area contributed by atoms with Gasteiger partial charge < -0.3 is 20.7 Å². The molecule has 0 saturated carbocycles. The smallest absolute Gasteiger partial charge is 0.251 e. The van der Waals surface area contributed by atoms with E-state index in [1.54, 1.807) is 18.2 Å². The number of rotatable bonds is 4. The molecule has 0 unspecified atom stereocenters. The lowest BCUT2D eigenvalue weighted by Crippen LogP contribution is -2.62. The molecule has 166 valence electrons. The van der Waals surface area contributed by atoms with E-state index >= 15 is 0 Å². The van der Waals surface area contributed by atoms with Crippen LogP contribution in [0.5, 0.6) is 11.5 Å². The quantitative estimate of drug-likeness (QED) is 0.636. The number of amides is 1. The van der Waals surface area contributed by atoms with E-state index in [-0.39, 0.29) is 23.0 Å². The zero-order valence-electron chi connectivity index (χ0n) is 18.8. The van der Waals surface area contributed by atoms with Crippen LogP contribution in [0.15, 0.2) is 36.4 Å². The first-order valence-corrected chi connectivity index (χ1v) is 11.4. The van der Waals surface area contributed by atoms with Gasteiger partial charge in [0.15, 0.2) is 0 Å². The number of hydrogen-bond donors (Lipinski definition) is 3. The van der Waals surface area contributed by atoms with Crippen molar-refractivity contribution in [1.29, 1.82) is 0 Å². The molecule has 0 radical (unpaired) electrons. The second-order valence-electron chi connectivity index (χ2n) is 10.0. The summed E-state index contributed by atoms with van der Waals surface area (Å²) in [5.74, 6) is 1.29. The fourth-order valence-corrected chi connectivity index (χ4v) is 5.35. The van der Waals surface area contributed by atoms with Gasteiger partial charge in [0, 0.05) is 34.8 Å². The Balaban J connectivity index is 1.47. The SMILES string of the molecule is CC1(C)CC(NC(=O)c2ccc(Oc3cccc4c3CCNC4)c(Cl)c2)CC(C)(C)N1. The summed E-state index contributed by atoms with van der Waals surface area (Å²) in [5, 5.41) is 10.7. The summed E-state index contributed by atoms with van der Waals surface area (Å²) < 4.78 is 6.15. The minimum Gasteiger partial charge on any atom is -0.456 e. The lowest BCUT2D eigenvalue weighted by molar-refractivity contribution is 0.0873. The molecule has 31 heavy (non-hydrogen) atoms. The maximum atomic E-state index is 12.9. The highest BCUT2D eigenvalue weighted by atomic mass is 35.5. The van der Waals surface area contributed by atoms with E-state index in [0.717, 1.165) is 38.1 Å². The zero-order valence-corrected chi connectivity index (χ0v) is 19.5. The molecule has 0 spiro atoms. The number of carbonyl (C=O) groups is 1. The molecule has 0 bridgehead atoms. The van der Waals surface area contributed by atoms with Crippen LogP contribution in [0.3, 0.4) is 0 Å². The van der Waals surface area contributed by atoms with Crippen molar-refractivity contribution in [3.05, 3.63) is 58.1 Å². The summed E-state index contributed by atoms with van der Waals surface area (Å²) in [6.45, 7) is 10.5. The van der Waals surface area contributed by atoms with Gasteiger partial charge in [-0.1, -0.05) is 23.7 Å². The topological polar surface area (TPSA) is 62.4 Å². The molecule has 2 aromatic rings. The summed E-state index contributed by atoms with van der Waals surface area (Å²) in [4.78, 5) is 12.9. The third kappa shape index (κ3) is 5.22. The highest BCUT2D eigenvalue weighted by molar-refractivity contribution is 6.32. The Morgan fingerprint density at radius 2 is 1.84 bits per heavy atom. The number of halogens is 1. The van der Waals surface area contributed by atoms with E-state index in [4.69, 9.17) is 16.3 Å². The number of fused-ring (bicyclic) bond motifs is 1. The molecular formula is C25H32ClN3O2. The average molecular weight is 442 g/mol. The van der Waals surface area contributed by atoms with Crippen LogP contribution in [0, 0.1) is 0 Å². The first-order valence-electron chi connectivity index (χ1n) is 11.0. The fourth-order valence-electron chi connectivity index (χ4n) is 5.13. The second kappa shape index (κ2) is 8.45. The van der Waals surface area contributed by atoms with Crippen LogP contribution in [0.25, 0.3) is 0 Å². The van der Waals surface area contributed by atoms with Gasteiger partial charge in [0.2, 0.25) is 0 Å². The largest absolute Gasteiger partial charge is 0.456 e. The Bertz CT molecular complexity index is 971. The molecule has 1 saturated heterocycles. The van der Waals surface area contributed by atoms with Crippen LogP contribution in [0.4, 0.5) is 0 Å². The number of benzene rings is 2. The maximum Gasteiger partial charge on any atom is 0.251 e. The van der Waals surface area contributed by atoms with Crippen molar-refractivity contribution in [2.45, 2.75) is 70.6 Å². The maximum absolute atomic E-state index is 12.9. The fraction of sp³-hybridized carbons (Fsp3) is 0.480. The second-order valence-corrected chi connectivity index (χ2v) is 10.4. The van der Waals surface area contributed by atoms with E-state index in [1.165, 1.54) is 11.1 Å². The number of piperidine rings is 1. The average Bonchev–Trinajstić information content (AvgIpc) is 2.67. The van der Waals surface area contributed by atoms with Crippen molar-refractivity contribution in [2.24, 2.45) is 0 Å². The summed E-state index contributed by atoms with van der Waals surface area (Å²) >= 11 is 6.51. The minimum absolute atomic E-state index is 0.0284. The summed E-state index contributed by atoms with van der Waals surface area (Å²) in [6, 6.07) is 11.5. The van der Waals surface area contributed by atoms with Crippen LogP contribution in [0.2, 0.25) is 5.02 Å². The van der Waals surface area contributed by atoms with Gasteiger partial charge in [-0.25, -0.2) is 0 Å². The van der Waals surface area contributed by atoms with Gasteiger partial charge >= 0.3 is 0 Å². The van der Waals surface area contributed by atoms with Crippen molar-refractivity contribution in [1.82, 2.24) is 16.0 Å². The molecule has 3 N–H and O–H groups in total. The van der Waals surface area contributed by atoms with Gasteiger partial charge in [0.1, 0.15) is 11.5 Å². The third-order valence-corrected chi connectivity index (χ3v) is 6.33. The molecule has 2 heterocycles. The number of hydrogen-bond acceptors (Lipinski definition) is 4. The molecule has 2 aliphatic heterocycles. The highest BCUT2D eigenvalue weighted by Gasteiger charge is 2.38. The van der Waals surface area contributed by atoms with Crippen molar-refractivity contribution in [3.8, 4) is 11.5 Å². The van der Waals surface area contributed by atoms with Crippen LogP contribution >= 0.6 is 11.6 Å². The lowest BCUT2D eigenvalue weighted by atomic mass is 9.79. The van der Waals surface area contributed by atoms with E-state index in [2.05, 4.69) is 49.7 Å². The van der Waals surface area contributed by atoms with E-state index < -0.39 is 0 Å². The molecule has 0 aromatic heterocycles. The summed E-state index contributed by atoms with van der Waals surface area (Å²) in [5.41, 5.74) is 2.96. The van der Waals surface area contributed by atoms with Crippen molar-refractivity contribution in [3.63, 3.8) is 0 Å². The Labute approximate surface area is 189 Å². The first kappa shape index (κ1) is 22.1. The van der Waals surface area contributed by atoms with Crippen molar-refractivity contribution < 1.29 is 9.53 Å². The molecule has 2 aliphatic rings. The van der Waals surface area contributed by atoms with Crippen LogP contribution < -0.4 is 20.7 Å². The van der Waals surface area contributed by atoms with Gasteiger partial charge in [-0.2, -0.15) is 0 Å². The Morgan fingerprint density at radius 3 is 2.55 bits per heavy atom. The van der Waals surface area contributed by atoms with Crippen molar-refractivity contribution >= 4 is 17.5 Å². The van der Waals surface area contributed by atoms with Crippen LogP contribution in [-0.2, 0) is 13.0 Å². The summed E-state index contributed by atoms with van der Waals surface area (Å²) in [7, 11) is 0. The molecule has 0 atom stereocenters. The lowest BCUT2D eigenvalue weighted by Gasteiger charge is -2.46. The van der Waals surface area contributed by atoms with Gasteiger partial charge in [0.05, 0.1) is 5.02 Å². The van der Waals surface area contributed by atoms with Crippen LogP contribution in [0.1, 0.15) is 62.0 Å². The Morgan fingerprint density at radius 1 is 1.10 bits per heavy atom. The molecule has 0 aliphatic carbocycles. The first-order chi connectivity index (χ1) is 14.6. The third-order valence-electron chi connectivity index (χ3n) is 6.04. The molecule has 2 aromatic carbocycles. The molecule has 5 nitrogen and oxygen atoms in total.